The van der Waals surface area contributed by atoms with E-state index >= 15 is 0 Å². The van der Waals surface area contributed by atoms with Crippen LogP contribution in [0, 0.1) is 13.8 Å². The molecule has 32 heavy (non-hydrogen) atoms. The highest BCUT2D eigenvalue weighted by Gasteiger charge is 2.27. The molecule has 1 aliphatic rings. The van der Waals surface area contributed by atoms with Crippen LogP contribution < -0.4 is 4.90 Å². The number of hydrogen-bond acceptors (Lipinski definition) is 6. The Morgan fingerprint density at radius 2 is 1.94 bits per heavy atom. The van der Waals surface area contributed by atoms with Gasteiger partial charge < -0.3 is 4.74 Å². The number of benzene rings is 2. The Hall–Kier alpha value is -2.29. The number of rotatable bonds is 8. The van der Waals surface area contributed by atoms with Gasteiger partial charge in [-0.1, -0.05) is 41.7 Å². The molecule has 8 heteroatoms. The molecule has 0 aliphatic carbocycles. The molecule has 2 heterocycles. The van der Waals surface area contributed by atoms with Crippen LogP contribution in [0.3, 0.4) is 0 Å². The lowest BCUT2D eigenvalue weighted by Gasteiger charge is -2.23. The third kappa shape index (κ3) is 5.54. The van der Waals surface area contributed by atoms with E-state index in [0.29, 0.717) is 18.3 Å². The molecule has 0 radical (unpaired) electrons. The van der Waals surface area contributed by atoms with Crippen LogP contribution in [0.4, 0.5) is 5.13 Å². The molecule has 1 aromatic heterocycles. The Labute approximate surface area is 193 Å². The quantitative estimate of drug-likeness (QED) is 0.485. The zero-order valence-electron chi connectivity index (χ0n) is 18.4. The number of fused-ring (bicyclic) bond motifs is 1. The van der Waals surface area contributed by atoms with Crippen molar-refractivity contribution in [3.63, 3.8) is 0 Å². The van der Waals surface area contributed by atoms with Crippen molar-refractivity contribution in [1.29, 1.82) is 0 Å². The lowest BCUT2D eigenvalue weighted by molar-refractivity contribution is -0.118. The molecular weight excluding hydrogens is 444 g/mol. The topological polar surface area (TPSA) is 76.6 Å². The summed E-state index contributed by atoms with van der Waals surface area (Å²) in [5.74, 6) is -0.483. The molecule has 1 unspecified atom stereocenters. The van der Waals surface area contributed by atoms with Crippen molar-refractivity contribution in [1.82, 2.24) is 4.98 Å². The smallest absolute Gasteiger partial charge is 0.229 e. The van der Waals surface area contributed by atoms with E-state index in [4.69, 9.17) is 9.72 Å². The number of sulfone groups is 1. The summed E-state index contributed by atoms with van der Waals surface area (Å²) >= 11 is 1.46. The molecule has 1 saturated heterocycles. The molecule has 170 valence electrons. The SMILES string of the molecule is Cc1cc2nc(N(CC3CCCO3)C(=O)CCS(=O)(=O)Cc3ccccc3)sc2cc1C. The largest absolute Gasteiger partial charge is 0.376 e. The summed E-state index contributed by atoms with van der Waals surface area (Å²) in [6.07, 6.45) is 1.74. The molecule has 1 fully saturated rings. The summed E-state index contributed by atoms with van der Waals surface area (Å²) in [6.45, 7) is 5.19. The fraction of sp³-hybridized carbons (Fsp3) is 0.417. The van der Waals surface area contributed by atoms with Crippen molar-refractivity contribution in [2.75, 3.05) is 23.8 Å². The van der Waals surface area contributed by atoms with Gasteiger partial charge in [0.15, 0.2) is 15.0 Å². The minimum Gasteiger partial charge on any atom is -0.376 e. The standard InChI is InChI=1S/C24H28N2O4S2/c1-17-13-21-22(14-18(17)2)31-24(25-21)26(15-20-9-6-11-30-20)23(27)10-12-32(28,29)16-19-7-4-3-5-8-19/h3-5,7-8,13-14,20H,6,9-12,15-16H2,1-2H3. The number of hydrogen-bond donors (Lipinski definition) is 0. The van der Waals surface area contributed by atoms with Crippen molar-refractivity contribution in [2.45, 2.75) is 45.0 Å². The van der Waals surface area contributed by atoms with Crippen molar-refractivity contribution in [2.24, 2.45) is 0 Å². The summed E-state index contributed by atoms with van der Waals surface area (Å²) in [5.41, 5.74) is 3.91. The number of ether oxygens (including phenoxy) is 1. The van der Waals surface area contributed by atoms with Crippen LogP contribution in [-0.2, 0) is 25.1 Å². The monoisotopic (exact) mass is 472 g/mol. The van der Waals surface area contributed by atoms with Gasteiger partial charge in [0.25, 0.3) is 0 Å². The van der Waals surface area contributed by atoms with Crippen molar-refractivity contribution < 1.29 is 17.9 Å². The lowest BCUT2D eigenvalue weighted by Crippen LogP contribution is -2.38. The molecule has 1 atom stereocenters. The van der Waals surface area contributed by atoms with Gasteiger partial charge in [-0.3, -0.25) is 9.69 Å². The first kappa shape index (κ1) is 22.9. The third-order valence-electron chi connectivity index (χ3n) is 5.79. The zero-order valence-corrected chi connectivity index (χ0v) is 20.0. The summed E-state index contributed by atoms with van der Waals surface area (Å²) in [7, 11) is -3.40. The molecule has 4 rings (SSSR count). The van der Waals surface area contributed by atoms with Gasteiger partial charge >= 0.3 is 0 Å². The average molecular weight is 473 g/mol. The van der Waals surface area contributed by atoms with Gasteiger partial charge in [0.2, 0.25) is 5.91 Å². The first-order chi connectivity index (χ1) is 15.3. The van der Waals surface area contributed by atoms with Gasteiger partial charge in [-0.15, -0.1) is 0 Å². The third-order valence-corrected chi connectivity index (χ3v) is 8.43. The zero-order chi connectivity index (χ0) is 22.7. The van der Waals surface area contributed by atoms with Crippen LogP contribution in [0.2, 0.25) is 0 Å². The summed E-state index contributed by atoms with van der Waals surface area (Å²) in [5, 5.41) is 0.603. The summed E-state index contributed by atoms with van der Waals surface area (Å²) in [6, 6.07) is 13.2. The van der Waals surface area contributed by atoms with E-state index < -0.39 is 9.84 Å². The first-order valence-corrected chi connectivity index (χ1v) is 13.5. The fourth-order valence-electron chi connectivity index (χ4n) is 3.84. The highest BCUT2D eigenvalue weighted by Crippen LogP contribution is 2.32. The fourth-order valence-corrected chi connectivity index (χ4v) is 6.24. The second kappa shape index (κ2) is 9.68. The maximum Gasteiger partial charge on any atom is 0.229 e. The van der Waals surface area contributed by atoms with E-state index in [1.807, 2.05) is 31.2 Å². The van der Waals surface area contributed by atoms with Crippen LogP contribution in [0.15, 0.2) is 42.5 Å². The van der Waals surface area contributed by atoms with Gasteiger partial charge in [0, 0.05) is 13.0 Å². The van der Waals surface area contributed by atoms with E-state index in [9.17, 15) is 13.2 Å². The van der Waals surface area contributed by atoms with E-state index in [0.717, 1.165) is 34.2 Å². The van der Waals surface area contributed by atoms with E-state index in [2.05, 4.69) is 13.0 Å². The second-order valence-corrected chi connectivity index (χ2v) is 11.6. The summed E-state index contributed by atoms with van der Waals surface area (Å²) < 4.78 is 32.0. The first-order valence-electron chi connectivity index (χ1n) is 10.8. The minimum absolute atomic E-state index is 0.0460. The number of aromatic nitrogens is 1. The molecular formula is C24H28N2O4S2. The van der Waals surface area contributed by atoms with E-state index in [-0.39, 0.29) is 29.9 Å². The molecule has 1 amide bonds. The summed E-state index contributed by atoms with van der Waals surface area (Å²) in [4.78, 5) is 19.6. The van der Waals surface area contributed by atoms with Gasteiger partial charge in [-0.2, -0.15) is 0 Å². The highest BCUT2D eigenvalue weighted by molar-refractivity contribution is 7.90. The van der Waals surface area contributed by atoms with Crippen LogP contribution in [0.25, 0.3) is 10.2 Å². The Morgan fingerprint density at radius 1 is 1.19 bits per heavy atom. The molecule has 3 aromatic rings. The normalized spacial score (nSPS) is 16.5. The Morgan fingerprint density at radius 3 is 2.66 bits per heavy atom. The van der Waals surface area contributed by atoms with Gasteiger partial charge in [-0.05, 0) is 55.5 Å². The predicted molar refractivity (Wildman–Crippen MR) is 129 cm³/mol. The van der Waals surface area contributed by atoms with E-state index in [1.54, 1.807) is 17.0 Å². The highest BCUT2D eigenvalue weighted by atomic mass is 32.2. The Bertz CT molecular complexity index is 1160. The average Bonchev–Trinajstić information content (AvgIpc) is 3.41. The number of anilines is 1. The molecule has 0 saturated carbocycles. The van der Waals surface area contributed by atoms with E-state index in [1.165, 1.54) is 16.9 Å². The van der Waals surface area contributed by atoms with Crippen molar-refractivity contribution >= 4 is 42.4 Å². The number of thiazole rings is 1. The predicted octanol–water partition coefficient (Wildman–Crippen LogP) is 4.43. The van der Waals surface area contributed by atoms with Crippen LogP contribution in [-0.4, -0.2) is 44.3 Å². The van der Waals surface area contributed by atoms with Crippen LogP contribution >= 0.6 is 11.3 Å². The van der Waals surface area contributed by atoms with Crippen LogP contribution in [0.1, 0.15) is 36.0 Å². The number of amides is 1. The molecule has 1 aliphatic heterocycles. The Balaban J connectivity index is 1.52. The number of aryl methyl sites for hydroxylation is 2. The maximum atomic E-state index is 13.2. The minimum atomic E-state index is -3.40. The van der Waals surface area contributed by atoms with Gasteiger partial charge in [-0.25, -0.2) is 13.4 Å². The lowest BCUT2D eigenvalue weighted by atomic mass is 10.1. The number of nitrogens with zero attached hydrogens (tertiary/aromatic N) is 2. The molecule has 0 N–H and O–H groups in total. The van der Waals surface area contributed by atoms with Gasteiger partial charge in [0.1, 0.15) is 0 Å². The second-order valence-electron chi connectivity index (χ2n) is 8.37. The van der Waals surface area contributed by atoms with Crippen LogP contribution in [0.5, 0.6) is 0 Å². The number of carbonyl (C=O) groups is 1. The molecule has 6 nitrogen and oxygen atoms in total. The molecule has 2 aromatic carbocycles. The maximum absolute atomic E-state index is 13.2. The van der Waals surface area contributed by atoms with Gasteiger partial charge in [0.05, 0.1) is 34.4 Å². The van der Waals surface area contributed by atoms with Crippen molar-refractivity contribution in [3.8, 4) is 0 Å². The molecule has 0 spiro atoms. The molecule has 0 bridgehead atoms. The Kier molecular flexibility index (Phi) is 6.93. The van der Waals surface area contributed by atoms with Crippen molar-refractivity contribution in [3.05, 3.63) is 59.2 Å². The number of carbonyl (C=O) groups excluding carboxylic acids is 1.